The van der Waals surface area contributed by atoms with Crippen LogP contribution in [0.3, 0.4) is 0 Å². The fourth-order valence-electron chi connectivity index (χ4n) is 7.43. The van der Waals surface area contributed by atoms with Gasteiger partial charge >= 0.3 is 0 Å². The van der Waals surface area contributed by atoms with Crippen LogP contribution in [0.1, 0.15) is 0 Å². The standard InChI is InChI=1S/C48H30N2O/c1-4-15-31(16-5-1)35-27-36(32-17-6-2-7-18-32)29-37(28-35)42-30-34-21-10-11-22-38(34)44-40-24-14-25-41(46(40)51-47(42)44)48-49-43-26-13-12-23-39(43)45(50-48)33-19-8-3-9-20-33/h1-30H. The third kappa shape index (κ3) is 4.98. The van der Waals surface area contributed by atoms with E-state index in [0.29, 0.717) is 5.82 Å². The van der Waals surface area contributed by atoms with Crippen LogP contribution in [-0.4, -0.2) is 9.97 Å². The molecule has 0 saturated carbocycles. The predicted octanol–water partition coefficient (Wildman–Crippen LogP) is 13.0. The number of nitrogens with zero attached hydrogens (tertiary/aromatic N) is 2. The molecular formula is C48H30N2O. The van der Waals surface area contributed by atoms with Gasteiger partial charge in [0.25, 0.3) is 0 Å². The first-order valence-corrected chi connectivity index (χ1v) is 17.2. The largest absolute Gasteiger partial charge is 0.455 e. The van der Waals surface area contributed by atoms with E-state index in [1.54, 1.807) is 0 Å². The summed E-state index contributed by atoms with van der Waals surface area (Å²) in [5.41, 5.74) is 12.1. The minimum atomic E-state index is 0.639. The van der Waals surface area contributed by atoms with Crippen LogP contribution >= 0.6 is 0 Å². The van der Waals surface area contributed by atoms with Gasteiger partial charge in [-0.2, -0.15) is 0 Å². The number of benzene rings is 8. The zero-order valence-corrected chi connectivity index (χ0v) is 27.6. The molecular weight excluding hydrogens is 621 g/mol. The Morgan fingerprint density at radius 3 is 1.63 bits per heavy atom. The number of hydrogen-bond acceptors (Lipinski definition) is 3. The molecule has 0 fully saturated rings. The van der Waals surface area contributed by atoms with E-state index in [4.69, 9.17) is 14.4 Å². The maximum absolute atomic E-state index is 7.10. The van der Waals surface area contributed by atoms with Crippen LogP contribution in [0.4, 0.5) is 0 Å². The number of aromatic nitrogens is 2. The number of fused-ring (bicyclic) bond motifs is 6. The summed E-state index contributed by atoms with van der Waals surface area (Å²) in [4.78, 5) is 10.3. The van der Waals surface area contributed by atoms with E-state index >= 15 is 0 Å². The van der Waals surface area contributed by atoms with E-state index in [1.807, 2.05) is 18.2 Å². The average Bonchev–Trinajstić information content (AvgIpc) is 3.61. The van der Waals surface area contributed by atoms with Crippen molar-refractivity contribution in [3.8, 4) is 56.0 Å². The number of furan rings is 1. The van der Waals surface area contributed by atoms with Crippen molar-refractivity contribution >= 4 is 43.6 Å². The molecule has 2 aromatic heterocycles. The minimum absolute atomic E-state index is 0.639. The van der Waals surface area contributed by atoms with Gasteiger partial charge in [-0.3, -0.25) is 0 Å². The summed E-state index contributed by atoms with van der Waals surface area (Å²) in [6.45, 7) is 0. The Bertz CT molecular complexity index is 2840. The van der Waals surface area contributed by atoms with Crippen molar-refractivity contribution in [1.29, 1.82) is 0 Å². The van der Waals surface area contributed by atoms with E-state index < -0.39 is 0 Å². The van der Waals surface area contributed by atoms with Gasteiger partial charge in [-0.05, 0) is 75.0 Å². The summed E-state index contributed by atoms with van der Waals surface area (Å²) in [7, 11) is 0. The van der Waals surface area contributed by atoms with Gasteiger partial charge in [0.05, 0.1) is 16.8 Å². The molecule has 0 saturated heterocycles. The molecule has 238 valence electrons. The van der Waals surface area contributed by atoms with Crippen molar-refractivity contribution < 1.29 is 4.42 Å². The third-order valence-corrected chi connectivity index (χ3v) is 9.84. The summed E-state index contributed by atoms with van der Waals surface area (Å²) in [6.07, 6.45) is 0. The fourth-order valence-corrected chi connectivity index (χ4v) is 7.43. The molecule has 0 aliphatic rings. The van der Waals surface area contributed by atoms with E-state index in [0.717, 1.165) is 82.7 Å². The van der Waals surface area contributed by atoms with E-state index in [1.165, 1.54) is 11.1 Å². The molecule has 51 heavy (non-hydrogen) atoms. The van der Waals surface area contributed by atoms with Gasteiger partial charge in [0.1, 0.15) is 11.2 Å². The molecule has 0 atom stereocenters. The fraction of sp³-hybridized carbons (Fsp3) is 0. The molecule has 10 rings (SSSR count). The number of hydrogen-bond donors (Lipinski definition) is 0. The second-order valence-electron chi connectivity index (χ2n) is 12.9. The molecule has 0 aliphatic heterocycles. The molecule has 8 aromatic carbocycles. The summed E-state index contributed by atoms with van der Waals surface area (Å²) >= 11 is 0. The lowest BCUT2D eigenvalue weighted by atomic mass is 9.91. The van der Waals surface area contributed by atoms with E-state index in [2.05, 4.69) is 164 Å². The predicted molar refractivity (Wildman–Crippen MR) is 212 cm³/mol. The van der Waals surface area contributed by atoms with Crippen molar-refractivity contribution in [1.82, 2.24) is 9.97 Å². The molecule has 0 amide bonds. The Morgan fingerprint density at radius 1 is 0.353 bits per heavy atom. The Hall–Kier alpha value is -6.84. The summed E-state index contributed by atoms with van der Waals surface area (Å²) in [6, 6.07) is 63.8. The first-order chi connectivity index (χ1) is 25.3. The highest BCUT2D eigenvalue weighted by Gasteiger charge is 2.21. The highest BCUT2D eigenvalue weighted by molar-refractivity contribution is 6.24. The van der Waals surface area contributed by atoms with Crippen LogP contribution in [0.2, 0.25) is 0 Å². The third-order valence-electron chi connectivity index (χ3n) is 9.84. The Kier molecular flexibility index (Phi) is 6.81. The lowest BCUT2D eigenvalue weighted by molar-refractivity contribution is 0.671. The Morgan fingerprint density at radius 2 is 0.922 bits per heavy atom. The van der Waals surface area contributed by atoms with Crippen molar-refractivity contribution in [3.05, 3.63) is 182 Å². The number of rotatable bonds is 5. The quantitative estimate of drug-likeness (QED) is 0.186. The van der Waals surface area contributed by atoms with Gasteiger partial charge < -0.3 is 4.42 Å². The van der Waals surface area contributed by atoms with Gasteiger partial charge in [0.2, 0.25) is 0 Å². The van der Waals surface area contributed by atoms with Gasteiger partial charge in [-0.25, -0.2) is 9.97 Å². The highest BCUT2D eigenvalue weighted by Crippen LogP contribution is 2.45. The van der Waals surface area contributed by atoms with Crippen LogP contribution < -0.4 is 0 Å². The molecule has 10 aromatic rings. The first-order valence-electron chi connectivity index (χ1n) is 17.2. The van der Waals surface area contributed by atoms with Crippen LogP contribution in [0.15, 0.2) is 186 Å². The second kappa shape index (κ2) is 11.9. The highest BCUT2D eigenvalue weighted by atomic mass is 16.3. The summed E-state index contributed by atoms with van der Waals surface area (Å²) in [5.74, 6) is 0.639. The van der Waals surface area contributed by atoms with Crippen LogP contribution in [-0.2, 0) is 0 Å². The monoisotopic (exact) mass is 650 g/mol. The minimum Gasteiger partial charge on any atom is -0.455 e. The van der Waals surface area contributed by atoms with Gasteiger partial charge in [0.15, 0.2) is 5.82 Å². The Balaban J connectivity index is 1.27. The molecule has 3 heteroatoms. The Labute approximate surface area is 295 Å². The van der Waals surface area contributed by atoms with Crippen molar-refractivity contribution in [3.63, 3.8) is 0 Å². The van der Waals surface area contributed by atoms with E-state index in [9.17, 15) is 0 Å². The second-order valence-corrected chi connectivity index (χ2v) is 12.9. The summed E-state index contributed by atoms with van der Waals surface area (Å²) in [5, 5.41) is 5.47. The van der Waals surface area contributed by atoms with Gasteiger partial charge in [-0.1, -0.05) is 146 Å². The lowest BCUT2D eigenvalue weighted by Gasteiger charge is -2.13. The smallest absolute Gasteiger partial charge is 0.164 e. The zero-order chi connectivity index (χ0) is 33.7. The molecule has 0 spiro atoms. The van der Waals surface area contributed by atoms with Crippen LogP contribution in [0.5, 0.6) is 0 Å². The molecule has 0 unspecified atom stereocenters. The van der Waals surface area contributed by atoms with E-state index in [-0.39, 0.29) is 0 Å². The zero-order valence-electron chi connectivity index (χ0n) is 27.6. The number of para-hydroxylation sites is 2. The molecule has 0 bridgehead atoms. The molecule has 2 heterocycles. The van der Waals surface area contributed by atoms with Gasteiger partial charge in [0, 0.05) is 27.3 Å². The molecule has 3 nitrogen and oxygen atoms in total. The maximum atomic E-state index is 7.10. The van der Waals surface area contributed by atoms with Crippen molar-refractivity contribution in [2.75, 3.05) is 0 Å². The van der Waals surface area contributed by atoms with Crippen LogP contribution in [0.25, 0.3) is 99.6 Å². The summed E-state index contributed by atoms with van der Waals surface area (Å²) < 4.78 is 7.10. The maximum Gasteiger partial charge on any atom is 0.164 e. The molecule has 0 N–H and O–H groups in total. The normalized spacial score (nSPS) is 11.5. The topological polar surface area (TPSA) is 38.9 Å². The average molecular weight is 651 g/mol. The van der Waals surface area contributed by atoms with Gasteiger partial charge in [-0.15, -0.1) is 0 Å². The molecule has 0 aliphatic carbocycles. The lowest BCUT2D eigenvalue weighted by Crippen LogP contribution is -1.95. The van der Waals surface area contributed by atoms with Crippen molar-refractivity contribution in [2.45, 2.75) is 0 Å². The van der Waals surface area contributed by atoms with Crippen molar-refractivity contribution in [2.24, 2.45) is 0 Å². The molecule has 0 radical (unpaired) electrons. The van der Waals surface area contributed by atoms with Crippen LogP contribution in [0, 0.1) is 0 Å². The SMILES string of the molecule is c1ccc(-c2cc(-c3ccccc3)cc(-c3cc4ccccc4c4c3oc3c(-c5nc(-c6ccccc6)c6ccccc6n5)cccc34)c2)cc1. The first kappa shape index (κ1) is 29.1.